The lowest BCUT2D eigenvalue weighted by Crippen LogP contribution is -2.36. The summed E-state index contributed by atoms with van der Waals surface area (Å²) in [5.74, 6) is -0.0494. The molecule has 0 saturated heterocycles. The number of anilines is 2. The van der Waals surface area contributed by atoms with E-state index in [1.54, 1.807) is 0 Å². The van der Waals surface area contributed by atoms with Crippen molar-refractivity contribution in [3.8, 4) is 11.1 Å². The van der Waals surface area contributed by atoms with Crippen molar-refractivity contribution < 1.29 is 9.59 Å². The van der Waals surface area contributed by atoms with Crippen molar-refractivity contribution in [3.63, 3.8) is 0 Å². The smallest absolute Gasteiger partial charge is 0.258 e. The Balaban J connectivity index is 1.41. The monoisotopic (exact) mass is 472 g/mol. The lowest BCUT2D eigenvalue weighted by molar-refractivity contribution is 0.0976. The molecule has 0 atom stereocenters. The molecule has 0 aromatic heterocycles. The molecule has 2 amide bonds. The number of carbonyl (C=O) groups excluding carboxylic acids is 2. The van der Waals surface area contributed by atoms with E-state index in [2.05, 4.69) is 12.1 Å². The summed E-state index contributed by atoms with van der Waals surface area (Å²) in [7, 11) is 0. The Morgan fingerprint density at radius 3 is 1.36 bits per heavy atom. The van der Waals surface area contributed by atoms with Gasteiger partial charge in [0.2, 0.25) is 0 Å². The highest BCUT2D eigenvalue weighted by Gasteiger charge is 2.28. The first-order valence-corrected chi connectivity index (χ1v) is 12.7. The predicted octanol–water partition coefficient (Wildman–Crippen LogP) is 6.54. The van der Waals surface area contributed by atoms with Crippen molar-refractivity contribution in [2.45, 2.75) is 25.7 Å². The molecule has 0 N–H and O–H groups in total. The predicted molar refractivity (Wildman–Crippen MR) is 145 cm³/mol. The van der Waals surface area contributed by atoms with Gasteiger partial charge in [0.1, 0.15) is 0 Å². The van der Waals surface area contributed by atoms with Gasteiger partial charge >= 0.3 is 0 Å². The number of amides is 2. The van der Waals surface area contributed by atoms with Crippen LogP contribution in [0.5, 0.6) is 0 Å². The van der Waals surface area contributed by atoms with Crippen LogP contribution in [0.15, 0.2) is 97.1 Å². The summed E-state index contributed by atoms with van der Waals surface area (Å²) >= 11 is 0. The molecule has 4 heteroatoms. The fourth-order valence-electron chi connectivity index (χ4n) is 5.59. The zero-order valence-corrected chi connectivity index (χ0v) is 20.2. The lowest BCUT2D eigenvalue weighted by Gasteiger charge is -2.31. The van der Waals surface area contributed by atoms with Gasteiger partial charge in [-0.2, -0.15) is 0 Å². The van der Waals surface area contributed by atoms with Crippen molar-refractivity contribution in [2.75, 3.05) is 22.9 Å². The molecule has 0 unspecified atom stereocenters. The van der Waals surface area contributed by atoms with E-state index in [4.69, 9.17) is 0 Å². The van der Waals surface area contributed by atoms with Gasteiger partial charge in [0.05, 0.1) is 0 Å². The van der Waals surface area contributed by atoms with Crippen molar-refractivity contribution >= 4 is 23.2 Å². The van der Waals surface area contributed by atoms with E-state index in [0.29, 0.717) is 24.2 Å². The number of nitrogens with zero attached hydrogens (tertiary/aromatic N) is 2. The molecule has 2 aliphatic rings. The second kappa shape index (κ2) is 9.46. The second-order valence-electron chi connectivity index (χ2n) is 9.47. The van der Waals surface area contributed by atoms with Crippen LogP contribution in [0, 0.1) is 0 Å². The Morgan fingerprint density at radius 2 is 0.889 bits per heavy atom. The summed E-state index contributed by atoms with van der Waals surface area (Å²) in [5.41, 5.74) is 7.19. The normalized spacial score (nSPS) is 14.7. The third-order valence-corrected chi connectivity index (χ3v) is 7.32. The third kappa shape index (κ3) is 3.89. The van der Waals surface area contributed by atoms with Crippen LogP contribution in [0.25, 0.3) is 11.1 Å². The van der Waals surface area contributed by atoms with E-state index in [0.717, 1.165) is 48.2 Å². The quantitative estimate of drug-likeness (QED) is 0.340. The molecule has 4 nitrogen and oxygen atoms in total. The van der Waals surface area contributed by atoms with Crippen molar-refractivity contribution in [1.29, 1.82) is 0 Å². The van der Waals surface area contributed by atoms with Gasteiger partial charge in [-0.05, 0) is 72.2 Å². The summed E-state index contributed by atoms with van der Waals surface area (Å²) in [6.45, 7) is 1.38. The van der Waals surface area contributed by atoms with E-state index < -0.39 is 0 Å². The van der Waals surface area contributed by atoms with E-state index >= 15 is 0 Å². The van der Waals surface area contributed by atoms with Gasteiger partial charge in [-0.25, -0.2) is 0 Å². The molecule has 0 spiro atoms. The van der Waals surface area contributed by atoms with Crippen LogP contribution in [-0.4, -0.2) is 24.9 Å². The molecule has 2 aliphatic heterocycles. The minimum absolute atomic E-state index is 0.0247. The standard InChI is InChI=1S/C32H28N2O2/c35-31(33-21-9-13-23-11-1-7-19-29(23)33)27-17-5-3-15-25(27)26-16-4-6-18-28(26)32(36)34-22-10-14-24-12-2-8-20-30(24)34/h1-8,11-12,15-20H,9-10,13-14,21-22H2. The molecular formula is C32H28N2O2. The van der Waals surface area contributed by atoms with E-state index in [1.807, 2.05) is 94.7 Å². The van der Waals surface area contributed by atoms with Gasteiger partial charge in [0.25, 0.3) is 11.8 Å². The fraction of sp³-hybridized carbons (Fsp3) is 0.188. The number of benzene rings is 4. The van der Waals surface area contributed by atoms with Gasteiger partial charge in [-0.3, -0.25) is 9.59 Å². The van der Waals surface area contributed by atoms with E-state index in [1.165, 1.54) is 11.1 Å². The minimum Gasteiger partial charge on any atom is -0.308 e. The zero-order valence-electron chi connectivity index (χ0n) is 20.2. The molecule has 6 rings (SSSR count). The Hall–Kier alpha value is -4.18. The molecule has 0 radical (unpaired) electrons. The molecule has 2 heterocycles. The summed E-state index contributed by atoms with van der Waals surface area (Å²) in [6, 6.07) is 31.6. The Labute approximate surface area is 211 Å². The lowest BCUT2D eigenvalue weighted by atomic mass is 9.92. The first-order valence-electron chi connectivity index (χ1n) is 12.7. The van der Waals surface area contributed by atoms with Crippen LogP contribution < -0.4 is 9.80 Å². The molecule has 0 aliphatic carbocycles. The molecule has 0 fully saturated rings. The van der Waals surface area contributed by atoms with Crippen LogP contribution in [0.1, 0.15) is 44.7 Å². The summed E-state index contributed by atoms with van der Waals surface area (Å²) in [5, 5.41) is 0. The average molecular weight is 473 g/mol. The number of fused-ring (bicyclic) bond motifs is 2. The SMILES string of the molecule is O=C(c1ccccc1-c1ccccc1C(=O)N1CCCc2ccccc21)N1CCCc2ccccc21. The maximum absolute atomic E-state index is 13.9. The zero-order chi connectivity index (χ0) is 24.5. The second-order valence-corrected chi connectivity index (χ2v) is 9.47. The summed E-state index contributed by atoms with van der Waals surface area (Å²) in [4.78, 5) is 31.7. The number of hydrogen-bond acceptors (Lipinski definition) is 2. The number of para-hydroxylation sites is 2. The van der Waals surface area contributed by atoms with Gasteiger partial charge in [-0.1, -0.05) is 72.8 Å². The Kier molecular flexibility index (Phi) is 5.86. The largest absolute Gasteiger partial charge is 0.308 e. The summed E-state index contributed by atoms with van der Waals surface area (Å²) in [6.07, 6.45) is 3.84. The van der Waals surface area contributed by atoms with Gasteiger partial charge < -0.3 is 9.80 Å². The maximum Gasteiger partial charge on any atom is 0.258 e. The Bertz CT molecular complexity index is 1350. The topological polar surface area (TPSA) is 40.6 Å². The molecule has 36 heavy (non-hydrogen) atoms. The first-order chi connectivity index (χ1) is 17.7. The number of carbonyl (C=O) groups is 2. The molecule has 178 valence electrons. The Morgan fingerprint density at radius 1 is 0.500 bits per heavy atom. The number of rotatable bonds is 3. The van der Waals surface area contributed by atoms with E-state index in [9.17, 15) is 9.59 Å². The van der Waals surface area contributed by atoms with Crippen LogP contribution >= 0.6 is 0 Å². The number of hydrogen-bond donors (Lipinski definition) is 0. The maximum atomic E-state index is 13.9. The van der Waals surface area contributed by atoms with Crippen molar-refractivity contribution in [3.05, 3.63) is 119 Å². The van der Waals surface area contributed by atoms with Crippen LogP contribution in [0.3, 0.4) is 0 Å². The molecule has 4 aromatic rings. The highest BCUT2D eigenvalue weighted by Crippen LogP contribution is 2.34. The van der Waals surface area contributed by atoms with Gasteiger partial charge in [-0.15, -0.1) is 0 Å². The average Bonchev–Trinajstić information content (AvgIpc) is 2.96. The molecule has 4 aromatic carbocycles. The van der Waals surface area contributed by atoms with Crippen LogP contribution in [-0.2, 0) is 12.8 Å². The molecule has 0 bridgehead atoms. The third-order valence-electron chi connectivity index (χ3n) is 7.32. The van der Waals surface area contributed by atoms with Crippen LogP contribution in [0.2, 0.25) is 0 Å². The molecular weight excluding hydrogens is 444 g/mol. The van der Waals surface area contributed by atoms with Gasteiger partial charge in [0, 0.05) is 35.6 Å². The fourth-order valence-corrected chi connectivity index (χ4v) is 5.59. The van der Waals surface area contributed by atoms with Gasteiger partial charge in [0.15, 0.2) is 0 Å². The first kappa shape index (κ1) is 22.3. The highest BCUT2D eigenvalue weighted by molar-refractivity contribution is 6.15. The van der Waals surface area contributed by atoms with E-state index in [-0.39, 0.29) is 11.8 Å². The summed E-state index contributed by atoms with van der Waals surface area (Å²) < 4.78 is 0. The number of aryl methyl sites for hydroxylation is 2. The van der Waals surface area contributed by atoms with Crippen molar-refractivity contribution in [2.24, 2.45) is 0 Å². The molecule has 0 saturated carbocycles. The highest BCUT2D eigenvalue weighted by atomic mass is 16.2. The minimum atomic E-state index is -0.0247. The van der Waals surface area contributed by atoms with Crippen LogP contribution in [0.4, 0.5) is 11.4 Å². The van der Waals surface area contributed by atoms with Crippen molar-refractivity contribution in [1.82, 2.24) is 0 Å².